The van der Waals surface area contributed by atoms with E-state index >= 15 is 0 Å². The molecule has 1 saturated carbocycles. The van der Waals surface area contributed by atoms with Crippen molar-refractivity contribution in [1.29, 1.82) is 0 Å². The van der Waals surface area contributed by atoms with Crippen molar-refractivity contribution in [2.45, 2.75) is 127 Å². The Balaban J connectivity index is 1.24. The summed E-state index contributed by atoms with van der Waals surface area (Å²) in [7, 11) is -4.02. The van der Waals surface area contributed by atoms with Gasteiger partial charge >= 0.3 is 12.2 Å². The van der Waals surface area contributed by atoms with Gasteiger partial charge in [0.2, 0.25) is 21.8 Å². The third-order valence-corrected chi connectivity index (χ3v) is 12.0. The van der Waals surface area contributed by atoms with Crippen molar-refractivity contribution in [3.8, 4) is 11.5 Å². The van der Waals surface area contributed by atoms with Crippen LogP contribution in [0.5, 0.6) is 11.5 Å². The third-order valence-electron chi connectivity index (χ3n) is 10.3. The molecule has 6 rings (SSSR count). The Morgan fingerprint density at radius 3 is 2.31 bits per heavy atom. The summed E-state index contributed by atoms with van der Waals surface area (Å²) in [5, 5.41) is 4.59. The molecule has 1 aliphatic carbocycles. The molecule has 5 aliphatic rings. The number of benzene rings is 1. The maximum Gasteiger partial charge on any atom is 0.410 e. The molecule has 296 valence electrons. The first-order valence-electron chi connectivity index (χ1n) is 18.7. The van der Waals surface area contributed by atoms with Crippen LogP contribution in [0.3, 0.4) is 0 Å². The van der Waals surface area contributed by atoms with Crippen molar-refractivity contribution < 1.29 is 51.3 Å². The predicted molar refractivity (Wildman–Crippen MR) is 194 cm³/mol. The van der Waals surface area contributed by atoms with E-state index in [1.54, 1.807) is 20.8 Å². The lowest BCUT2D eigenvalue weighted by molar-refractivity contribution is -0.141. The number of nitrogens with one attached hydrogen (secondary N) is 3. The van der Waals surface area contributed by atoms with Crippen molar-refractivity contribution in [2.75, 3.05) is 19.8 Å². The zero-order chi connectivity index (χ0) is 39.0. The van der Waals surface area contributed by atoms with Crippen LogP contribution in [0, 0.1) is 5.92 Å². The molecule has 5 amide bonds. The van der Waals surface area contributed by atoms with Gasteiger partial charge < -0.3 is 34.5 Å². The lowest BCUT2D eigenvalue weighted by atomic mass is 10.0. The lowest BCUT2D eigenvalue weighted by Crippen LogP contribution is -2.58. The maximum absolute atomic E-state index is 14.4. The first-order chi connectivity index (χ1) is 25.5. The molecule has 1 aromatic carbocycles. The molecule has 1 aromatic rings. The van der Waals surface area contributed by atoms with Crippen LogP contribution in [0.4, 0.5) is 9.59 Å². The highest BCUT2D eigenvalue weighted by atomic mass is 32.2. The monoisotopic (exact) mass is 773 g/mol. The van der Waals surface area contributed by atoms with Gasteiger partial charge in [-0.2, -0.15) is 0 Å². The highest BCUT2D eigenvalue weighted by molar-refractivity contribution is 7.90. The lowest BCUT2D eigenvalue weighted by Gasteiger charge is -2.30. The fourth-order valence-electron chi connectivity index (χ4n) is 7.23. The molecule has 0 aromatic heterocycles. The fraction of sp³-hybridized carbons (Fsp3) is 0.649. The van der Waals surface area contributed by atoms with E-state index in [9.17, 15) is 32.4 Å². The van der Waals surface area contributed by atoms with E-state index in [4.69, 9.17) is 18.9 Å². The molecular formula is C37H51N5O11S. The average molecular weight is 774 g/mol. The van der Waals surface area contributed by atoms with Crippen LogP contribution in [-0.4, -0.2) is 102 Å². The van der Waals surface area contributed by atoms with E-state index in [1.165, 1.54) is 23.6 Å². The fourth-order valence-corrected chi connectivity index (χ4v) is 7.91. The number of hydrogen-bond donors (Lipinski definition) is 3. The highest BCUT2D eigenvalue weighted by Crippen LogP contribution is 2.46. The summed E-state index contributed by atoms with van der Waals surface area (Å²) in [5.74, 6) is -1.40. The van der Waals surface area contributed by atoms with E-state index in [0.29, 0.717) is 37.6 Å². The van der Waals surface area contributed by atoms with Crippen LogP contribution in [0.15, 0.2) is 24.3 Å². The molecular weight excluding hydrogens is 722 g/mol. The third kappa shape index (κ3) is 8.71. The highest BCUT2D eigenvalue weighted by Gasteiger charge is 2.62. The number of ether oxygens (including phenoxy) is 4. The van der Waals surface area contributed by atoms with Crippen molar-refractivity contribution in [1.82, 2.24) is 25.2 Å². The van der Waals surface area contributed by atoms with Crippen molar-refractivity contribution in [3.63, 3.8) is 0 Å². The van der Waals surface area contributed by atoms with Gasteiger partial charge in [-0.25, -0.2) is 18.0 Å². The van der Waals surface area contributed by atoms with E-state index in [0.717, 1.165) is 24.0 Å². The number of carbonyl (C=O) groups is 5. The topological polar surface area (TPSA) is 199 Å². The van der Waals surface area contributed by atoms with Crippen LogP contribution in [0.2, 0.25) is 0 Å². The van der Waals surface area contributed by atoms with Gasteiger partial charge in [0.15, 0.2) is 11.5 Å². The van der Waals surface area contributed by atoms with Crippen LogP contribution in [0.25, 0.3) is 0 Å². The molecule has 2 fully saturated rings. The molecule has 16 nitrogen and oxygen atoms in total. The standard InChI is InChI=1S/C37H51N5O11S/c1-22(2)54(48,49)40-33(45)37-18-25(37)11-9-7-6-8-10-12-27(38-34(46)53-36(3,4)5)32(44)42-21-26(17-28(42)31(43)39-37)52-35(47)41-19-23-15-29-30(16-24(23)20-41)51-14-13-50-29/h9,11,15-16,22,25-28H,6-8,10,12-14,17-21H2,1-5H3,(H,38,46)(H,39,43)(H,40,45)/b11-9-/t25-,26-,27+,28+,37-/m1/s1. The molecule has 0 unspecified atom stereocenters. The van der Waals surface area contributed by atoms with Crippen LogP contribution in [0.1, 0.15) is 90.7 Å². The SMILES string of the molecule is CC(C)S(=O)(=O)NC(=O)[C@@]12C[C@H]1/C=C\CCCCC[C@H](NC(=O)OC(C)(C)C)C(=O)N1C[C@H](OC(=O)N3Cc4cc5c(cc4C3)OCCO5)C[C@H]1C(=O)N2. The number of alkyl carbamates (subject to hydrolysis) is 1. The van der Waals surface area contributed by atoms with E-state index in [-0.39, 0.29) is 38.9 Å². The van der Waals surface area contributed by atoms with E-state index < -0.39 is 80.4 Å². The van der Waals surface area contributed by atoms with Gasteiger partial charge in [-0.3, -0.25) is 24.0 Å². The average Bonchev–Trinajstić information content (AvgIpc) is 3.39. The summed E-state index contributed by atoms with van der Waals surface area (Å²) in [5.41, 5.74) is -0.627. The first-order valence-corrected chi connectivity index (χ1v) is 20.2. The number of carbonyl (C=O) groups excluding carboxylic acids is 5. The van der Waals surface area contributed by atoms with Crippen LogP contribution >= 0.6 is 0 Å². The summed E-state index contributed by atoms with van der Waals surface area (Å²) >= 11 is 0. The van der Waals surface area contributed by atoms with Gasteiger partial charge in [0, 0.05) is 25.4 Å². The second-order valence-electron chi connectivity index (χ2n) is 15.9. The van der Waals surface area contributed by atoms with Gasteiger partial charge in [-0.1, -0.05) is 25.0 Å². The summed E-state index contributed by atoms with van der Waals surface area (Å²) in [6.45, 7) is 9.22. The number of sulfonamides is 1. The van der Waals surface area contributed by atoms with Crippen LogP contribution in [-0.2, 0) is 47.0 Å². The number of allylic oxidation sites excluding steroid dienone is 1. The summed E-state index contributed by atoms with van der Waals surface area (Å²) in [6.07, 6.45) is 4.45. The molecule has 5 atom stereocenters. The minimum atomic E-state index is -4.02. The molecule has 3 N–H and O–H groups in total. The Morgan fingerprint density at radius 2 is 1.69 bits per heavy atom. The number of rotatable bonds is 5. The Bertz CT molecular complexity index is 1770. The van der Waals surface area contributed by atoms with Crippen molar-refractivity contribution in [2.24, 2.45) is 5.92 Å². The number of nitrogens with zero attached hydrogens (tertiary/aromatic N) is 2. The zero-order valence-corrected chi connectivity index (χ0v) is 32.3. The Labute approximate surface area is 315 Å². The molecule has 0 bridgehead atoms. The molecule has 1 saturated heterocycles. The van der Waals surface area contributed by atoms with Gasteiger partial charge in [0.05, 0.1) is 11.8 Å². The summed E-state index contributed by atoms with van der Waals surface area (Å²) in [4.78, 5) is 71.6. The smallest absolute Gasteiger partial charge is 0.410 e. The normalized spacial score (nSPS) is 27.7. The zero-order valence-electron chi connectivity index (χ0n) is 31.5. The number of hydrogen-bond acceptors (Lipinski definition) is 11. The van der Waals surface area contributed by atoms with Crippen LogP contribution < -0.4 is 24.8 Å². The molecule has 4 aliphatic heterocycles. The molecule has 4 heterocycles. The van der Waals surface area contributed by atoms with Gasteiger partial charge in [-0.15, -0.1) is 0 Å². The second kappa shape index (κ2) is 15.3. The first kappa shape index (κ1) is 39.2. The minimum absolute atomic E-state index is 0.0955. The van der Waals surface area contributed by atoms with Gasteiger partial charge in [0.1, 0.15) is 42.5 Å². The molecule has 0 spiro atoms. The predicted octanol–water partition coefficient (Wildman–Crippen LogP) is 3.02. The number of amides is 5. The Morgan fingerprint density at radius 1 is 1.02 bits per heavy atom. The second-order valence-corrected chi connectivity index (χ2v) is 18.2. The summed E-state index contributed by atoms with van der Waals surface area (Å²) in [6, 6.07) is 1.43. The summed E-state index contributed by atoms with van der Waals surface area (Å²) < 4.78 is 50.4. The van der Waals surface area contributed by atoms with E-state index in [2.05, 4.69) is 15.4 Å². The Hall–Kier alpha value is -4.54. The largest absolute Gasteiger partial charge is 0.486 e. The Kier molecular flexibility index (Phi) is 11.1. The van der Waals surface area contributed by atoms with Crippen molar-refractivity contribution in [3.05, 3.63) is 35.4 Å². The molecule has 0 radical (unpaired) electrons. The van der Waals surface area contributed by atoms with Gasteiger partial charge in [0.25, 0.3) is 5.91 Å². The minimum Gasteiger partial charge on any atom is -0.486 e. The molecule has 17 heteroatoms. The van der Waals surface area contributed by atoms with Crippen molar-refractivity contribution >= 4 is 39.9 Å². The number of fused-ring (bicyclic) bond motifs is 4. The maximum atomic E-state index is 14.4. The molecule has 54 heavy (non-hydrogen) atoms. The van der Waals surface area contributed by atoms with Gasteiger partial charge in [-0.05, 0) is 83.6 Å². The van der Waals surface area contributed by atoms with E-state index in [1.807, 2.05) is 24.3 Å². The quantitative estimate of drug-likeness (QED) is 0.372.